The number of carbonyl (C=O) groups is 1. The Labute approximate surface area is 117 Å². The van der Waals surface area contributed by atoms with Crippen molar-refractivity contribution in [2.45, 2.75) is 34.2 Å². The molecule has 1 aliphatic heterocycles. The van der Waals surface area contributed by atoms with Crippen molar-refractivity contribution in [1.82, 2.24) is 0 Å². The van der Waals surface area contributed by atoms with E-state index in [1.165, 1.54) is 0 Å². The zero-order chi connectivity index (χ0) is 11.8. The van der Waals surface area contributed by atoms with E-state index in [9.17, 15) is 4.79 Å². The van der Waals surface area contributed by atoms with Gasteiger partial charge >= 0.3 is 0 Å². The fourth-order valence-electron chi connectivity index (χ4n) is 4.62. The van der Waals surface area contributed by atoms with Crippen LogP contribution in [0.25, 0.3) is 0 Å². The van der Waals surface area contributed by atoms with Crippen molar-refractivity contribution in [2.75, 3.05) is 13.2 Å². The molecule has 2 bridgehead atoms. The zero-order valence-corrected chi connectivity index (χ0v) is 12.5. The maximum absolute atomic E-state index is 12.3. The van der Waals surface area contributed by atoms with Gasteiger partial charge in [0.1, 0.15) is 5.78 Å². The van der Waals surface area contributed by atoms with E-state index in [1.807, 2.05) is 0 Å². The third kappa shape index (κ3) is 1.10. The van der Waals surface area contributed by atoms with Crippen molar-refractivity contribution >= 4 is 37.6 Å². The Bertz CT molecular complexity index is 393. The number of fused-ring (bicyclic) bond motifs is 3. The number of halogens is 2. The van der Waals surface area contributed by atoms with E-state index in [1.54, 1.807) is 0 Å². The van der Waals surface area contributed by atoms with Crippen LogP contribution < -0.4 is 0 Å². The van der Waals surface area contributed by atoms with Gasteiger partial charge in [0.25, 0.3) is 0 Å². The van der Waals surface area contributed by atoms with Gasteiger partial charge in [-0.15, -0.1) is 0 Å². The molecule has 1 heterocycles. The summed E-state index contributed by atoms with van der Waals surface area (Å²) in [5, 5.41) is 0. The zero-order valence-electron chi connectivity index (χ0n) is 9.33. The first kappa shape index (κ1) is 11.4. The van der Waals surface area contributed by atoms with E-state index in [-0.39, 0.29) is 21.0 Å². The molecule has 0 unspecified atom stereocenters. The van der Waals surface area contributed by atoms with E-state index in [0.29, 0.717) is 24.9 Å². The number of ketones is 1. The minimum absolute atomic E-state index is 0.0359. The summed E-state index contributed by atoms with van der Waals surface area (Å²) in [4.78, 5) is 12.3. The smallest absolute Gasteiger partial charge is 0.187 e. The van der Waals surface area contributed by atoms with Gasteiger partial charge in [-0.3, -0.25) is 4.79 Å². The second kappa shape index (κ2) is 3.35. The molecule has 3 aliphatic carbocycles. The molecule has 0 aromatic carbocycles. The van der Waals surface area contributed by atoms with Crippen LogP contribution in [0.3, 0.4) is 0 Å². The van der Waals surface area contributed by atoms with Crippen molar-refractivity contribution in [2.24, 2.45) is 17.8 Å². The molecule has 4 rings (SSSR count). The highest BCUT2D eigenvalue weighted by atomic mass is 79.9. The molecule has 0 aromatic heterocycles. The predicted molar refractivity (Wildman–Crippen MR) is 68.3 cm³/mol. The Kier molecular flexibility index (Phi) is 2.24. The predicted octanol–water partition coefficient (Wildman–Crippen LogP) is 2.26. The summed E-state index contributed by atoms with van der Waals surface area (Å²) < 4.78 is 11.8. The Morgan fingerprint density at radius 3 is 2.59 bits per heavy atom. The van der Waals surface area contributed by atoms with Crippen LogP contribution in [-0.4, -0.2) is 33.9 Å². The molecule has 3 nitrogen and oxygen atoms in total. The van der Waals surface area contributed by atoms with Crippen molar-refractivity contribution in [1.29, 1.82) is 0 Å². The second-order valence-electron chi connectivity index (χ2n) is 5.61. The quantitative estimate of drug-likeness (QED) is 0.617. The first-order valence-corrected chi connectivity index (χ1v) is 7.96. The standard InChI is InChI=1S/C12H14Br2O3/c13-8-5-7-9(10(8)15)6-1-2-11(7,14)12(6)16-3-4-17-12/h6-9H,1-5H2/t6-,7-,8+,9-,11+/m1/s1. The molecule has 0 aromatic rings. The number of alkyl halides is 2. The van der Waals surface area contributed by atoms with Crippen LogP contribution in [0.2, 0.25) is 0 Å². The summed E-state index contributed by atoms with van der Waals surface area (Å²) in [6, 6.07) is 0. The van der Waals surface area contributed by atoms with Crippen LogP contribution in [0.5, 0.6) is 0 Å². The molecule has 94 valence electrons. The summed E-state index contributed by atoms with van der Waals surface area (Å²) in [6.07, 6.45) is 3.02. The van der Waals surface area contributed by atoms with Crippen LogP contribution in [0, 0.1) is 17.8 Å². The highest BCUT2D eigenvalue weighted by molar-refractivity contribution is 9.10. The molecule has 17 heavy (non-hydrogen) atoms. The highest BCUT2D eigenvalue weighted by Crippen LogP contribution is 2.71. The molecule has 4 fully saturated rings. The van der Waals surface area contributed by atoms with Gasteiger partial charge < -0.3 is 9.47 Å². The molecular formula is C12H14Br2O3. The van der Waals surface area contributed by atoms with Gasteiger partial charge in [0.2, 0.25) is 0 Å². The van der Waals surface area contributed by atoms with Crippen molar-refractivity contribution in [3.05, 3.63) is 0 Å². The fourth-order valence-corrected chi connectivity index (χ4v) is 6.55. The Hall–Kier alpha value is 0.550. The first-order chi connectivity index (χ1) is 8.10. The van der Waals surface area contributed by atoms with Gasteiger partial charge in [-0.1, -0.05) is 31.9 Å². The van der Waals surface area contributed by atoms with E-state index in [2.05, 4.69) is 31.9 Å². The van der Waals surface area contributed by atoms with Gasteiger partial charge in [-0.05, 0) is 25.2 Å². The maximum Gasteiger partial charge on any atom is 0.187 e. The normalized spacial score (nSPS) is 54.8. The molecule has 1 spiro atoms. The molecule has 4 aliphatic rings. The minimum Gasteiger partial charge on any atom is -0.346 e. The fraction of sp³-hybridized carbons (Fsp3) is 0.917. The van der Waals surface area contributed by atoms with Gasteiger partial charge in [-0.25, -0.2) is 0 Å². The van der Waals surface area contributed by atoms with Crippen LogP contribution in [0.1, 0.15) is 19.3 Å². The lowest BCUT2D eigenvalue weighted by molar-refractivity contribution is -0.184. The molecular weight excluding hydrogens is 352 g/mol. The van der Waals surface area contributed by atoms with Crippen molar-refractivity contribution < 1.29 is 14.3 Å². The monoisotopic (exact) mass is 364 g/mol. The third-order valence-electron chi connectivity index (χ3n) is 5.16. The van der Waals surface area contributed by atoms with Crippen molar-refractivity contribution in [3.63, 3.8) is 0 Å². The molecule has 3 saturated carbocycles. The van der Waals surface area contributed by atoms with Gasteiger partial charge in [-0.2, -0.15) is 0 Å². The SMILES string of the molecule is O=C1[C@@H]2[C@H]3CC[C@](Br)([C@@H]2C[C@@H]1Br)C31OCCO1. The summed E-state index contributed by atoms with van der Waals surface area (Å²) in [7, 11) is 0. The number of Topliss-reactive ketones (excluding diaryl/α,β-unsaturated/α-hetero) is 1. The Morgan fingerprint density at radius 1 is 1.24 bits per heavy atom. The van der Waals surface area contributed by atoms with E-state index in [4.69, 9.17) is 9.47 Å². The minimum atomic E-state index is -0.509. The summed E-state index contributed by atoms with van der Waals surface area (Å²) >= 11 is 7.42. The Balaban J connectivity index is 1.83. The lowest BCUT2D eigenvalue weighted by atomic mass is 9.81. The van der Waals surface area contributed by atoms with Gasteiger partial charge in [0.15, 0.2) is 5.79 Å². The average molecular weight is 366 g/mol. The number of hydrogen-bond acceptors (Lipinski definition) is 3. The topological polar surface area (TPSA) is 35.5 Å². The van der Waals surface area contributed by atoms with Crippen LogP contribution in [0.4, 0.5) is 0 Å². The largest absolute Gasteiger partial charge is 0.346 e. The van der Waals surface area contributed by atoms with Crippen LogP contribution >= 0.6 is 31.9 Å². The Morgan fingerprint density at radius 2 is 1.94 bits per heavy atom. The summed E-state index contributed by atoms with van der Waals surface area (Å²) in [6.45, 7) is 1.32. The lowest BCUT2D eigenvalue weighted by Crippen LogP contribution is -2.48. The number of carbonyl (C=O) groups excluding carboxylic acids is 1. The van der Waals surface area contributed by atoms with Crippen LogP contribution in [0.15, 0.2) is 0 Å². The molecule has 0 N–H and O–H groups in total. The summed E-state index contributed by atoms with van der Waals surface area (Å²) in [5.41, 5.74) is 0. The second-order valence-corrected chi connectivity index (χ2v) is 8.13. The molecule has 1 saturated heterocycles. The van der Waals surface area contributed by atoms with Gasteiger partial charge in [0, 0.05) is 11.8 Å². The molecule has 0 amide bonds. The lowest BCUT2D eigenvalue weighted by Gasteiger charge is -2.37. The molecule has 5 atom stereocenters. The van der Waals surface area contributed by atoms with Crippen LogP contribution in [-0.2, 0) is 14.3 Å². The van der Waals surface area contributed by atoms with E-state index >= 15 is 0 Å². The number of hydrogen-bond donors (Lipinski definition) is 0. The summed E-state index contributed by atoms with van der Waals surface area (Å²) in [5.74, 6) is 0.608. The van der Waals surface area contributed by atoms with Gasteiger partial charge in [0.05, 0.1) is 22.4 Å². The average Bonchev–Trinajstić information content (AvgIpc) is 2.99. The molecule has 0 radical (unpaired) electrons. The molecule has 5 heteroatoms. The highest BCUT2D eigenvalue weighted by Gasteiger charge is 2.78. The van der Waals surface area contributed by atoms with E-state index in [0.717, 1.165) is 19.3 Å². The maximum atomic E-state index is 12.3. The number of rotatable bonds is 0. The van der Waals surface area contributed by atoms with E-state index < -0.39 is 5.79 Å². The van der Waals surface area contributed by atoms with Crippen molar-refractivity contribution in [3.8, 4) is 0 Å². The third-order valence-corrected chi connectivity index (χ3v) is 7.52. The number of ether oxygens (including phenoxy) is 2. The first-order valence-electron chi connectivity index (χ1n) is 6.25.